The number of fused-ring (bicyclic) bond motifs is 1. The second-order valence-corrected chi connectivity index (χ2v) is 8.35. The van der Waals surface area contributed by atoms with Crippen LogP contribution in [0.5, 0.6) is 0 Å². The Kier molecular flexibility index (Phi) is 5.40. The highest BCUT2D eigenvalue weighted by Crippen LogP contribution is 2.29. The summed E-state index contributed by atoms with van der Waals surface area (Å²) in [5.41, 5.74) is 1.13. The van der Waals surface area contributed by atoms with Gasteiger partial charge < -0.3 is 15.0 Å². The molecule has 0 bridgehead atoms. The molecule has 2 N–H and O–H groups in total. The van der Waals surface area contributed by atoms with Crippen LogP contribution in [0.4, 0.5) is 9.93 Å². The molecule has 8 heteroatoms. The standard InChI is InChI=1S/C18H26N4O3S/c23-16-14(6-9-22(16)12-7-10-25-11-8-12)19-17(24)21-18-20-13-4-2-1-3-5-15(13)26-18/h12,14H,1-11H2,(H2,19,20,21,24). The van der Waals surface area contributed by atoms with Crippen LogP contribution in [0.1, 0.15) is 49.1 Å². The molecule has 0 aromatic carbocycles. The predicted molar refractivity (Wildman–Crippen MR) is 99.5 cm³/mol. The van der Waals surface area contributed by atoms with Gasteiger partial charge >= 0.3 is 6.03 Å². The van der Waals surface area contributed by atoms with Crippen molar-refractivity contribution in [2.24, 2.45) is 0 Å². The van der Waals surface area contributed by atoms with E-state index in [0.29, 0.717) is 31.3 Å². The van der Waals surface area contributed by atoms with Gasteiger partial charge in [-0.25, -0.2) is 9.78 Å². The Morgan fingerprint density at radius 3 is 2.81 bits per heavy atom. The summed E-state index contributed by atoms with van der Waals surface area (Å²) in [6.45, 7) is 2.13. The molecular formula is C18H26N4O3S. The third kappa shape index (κ3) is 3.86. The fourth-order valence-corrected chi connectivity index (χ4v) is 5.11. The Morgan fingerprint density at radius 2 is 1.96 bits per heavy atom. The molecule has 4 rings (SSSR count). The number of hydrogen-bond acceptors (Lipinski definition) is 5. The van der Waals surface area contributed by atoms with Gasteiger partial charge in [0.25, 0.3) is 0 Å². The molecule has 1 atom stereocenters. The average Bonchev–Trinajstić information content (AvgIpc) is 3.11. The van der Waals surface area contributed by atoms with Crippen LogP contribution in [-0.2, 0) is 22.4 Å². The highest BCUT2D eigenvalue weighted by Gasteiger charge is 2.37. The highest BCUT2D eigenvalue weighted by molar-refractivity contribution is 7.15. The Labute approximate surface area is 157 Å². The fraction of sp³-hybridized carbons (Fsp3) is 0.722. The first-order chi connectivity index (χ1) is 12.7. The topological polar surface area (TPSA) is 83.6 Å². The van der Waals surface area contributed by atoms with E-state index in [4.69, 9.17) is 4.74 Å². The molecule has 142 valence electrons. The third-order valence-corrected chi connectivity index (χ3v) is 6.57. The maximum absolute atomic E-state index is 12.6. The summed E-state index contributed by atoms with van der Waals surface area (Å²) in [5.74, 6) is 0.0296. The van der Waals surface area contributed by atoms with Gasteiger partial charge in [-0.1, -0.05) is 6.42 Å². The number of aromatic nitrogens is 1. The van der Waals surface area contributed by atoms with Crippen LogP contribution in [0.2, 0.25) is 0 Å². The second kappa shape index (κ2) is 7.92. The summed E-state index contributed by atoms with van der Waals surface area (Å²) in [5, 5.41) is 6.30. The van der Waals surface area contributed by atoms with Crippen LogP contribution in [0.15, 0.2) is 0 Å². The van der Waals surface area contributed by atoms with Crippen molar-refractivity contribution < 1.29 is 14.3 Å². The van der Waals surface area contributed by atoms with Gasteiger partial charge in [-0.3, -0.25) is 10.1 Å². The number of nitrogens with one attached hydrogen (secondary N) is 2. The molecule has 2 fully saturated rings. The minimum absolute atomic E-state index is 0.0296. The van der Waals surface area contributed by atoms with Crippen LogP contribution in [0.3, 0.4) is 0 Å². The minimum atomic E-state index is -0.435. The summed E-state index contributed by atoms with van der Waals surface area (Å²) >= 11 is 1.57. The van der Waals surface area contributed by atoms with E-state index in [-0.39, 0.29) is 18.0 Å². The second-order valence-electron chi connectivity index (χ2n) is 7.26. The van der Waals surface area contributed by atoms with Gasteiger partial charge in [0.15, 0.2) is 5.13 Å². The lowest BCUT2D eigenvalue weighted by Gasteiger charge is -2.31. The Morgan fingerprint density at radius 1 is 1.15 bits per heavy atom. The number of hydrogen-bond donors (Lipinski definition) is 2. The molecule has 7 nitrogen and oxygen atoms in total. The van der Waals surface area contributed by atoms with E-state index < -0.39 is 6.04 Å². The van der Waals surface area contributed by atoms with Crippen molar-refractivity contribution >= 4 is 28.4 Å². The molecule has 0 saturated carbocycles. The Balaban J connectivity index is 1.31. The minimum Gasteiger partial charge on any atom is -0.381 e. The van der Waals surface area contributed by atoms with Crippen LogP contribution in [-0.4, -0.2) is 53.7 Å². The van der Waals surface area contributed by atoms with Gasteiger partial charge in [0.2, 0.25) is 5.91 Å². The lowest BCUT2D eigenvalue weighted by atomic mass is 10.1. The SMILES string of the molecule is O=C(Nc1nc2c(s1)CCCCC2)NC1CCN(C2CCOCC2)C1=O. The third-order valence-electron chi connectivity index (χ3n) is 5.49. The molecule has 2 saturated heterocycles. The smallest absolute Gasteiger partial charge is 0.321 e. The molecule has 3 heterocycles. The van der Waals surface area contributed by atoms with Crippen LogP contribution >= 0.6 is 11.3 Å². The maximum atomic E-state index is 12.6. The quantitative estimate of drug-likeness (QED) is 0.791. The molecule has 26 heavy (non-hydrogen) atoms. The molecule has 3 aliphatic rings. The van der Waals surface area contributed by atoms with Gasteiger partial charge in [-0.05, 0) is 44.9 Å². The number of ether oxygens (including phenoxy) is 1. The van der Waals surface area contributed by atoms with E-state index in [1.165, 1.54) is 24.1 Å². The lowest BCUT2D eigenvalue weighted by molar-refractivity contribution is -0.132. The molecule has 1 aliphatic carbocycles. The van der Waals surface area contributed by atoms with Crippen LogP contribution in [0.25, 0.3) is 0 Å². The molecule has 1 unspecified atom stereocenters. The number of carbonyl (C=O) groups excluding carboxylic acids is 2. The van der Waals surface area contributed by atoms with Crippen molar-refractivity contribution in [2.45, 2.75) is 63.5 Å². The fourth-order valence-electron chi connectivity index (χ4n) is 4.07. The Bertz CT molecular complexity index is 648. The lowest BCUT2D eigenvalue weighted by Crippen LogP contribution is -2.47. The molecule has 0 spiro atoms. The summed E-state index contributed by atoms with van der Waals surface area (Å²) in [4.78, 5) is 32.7. The maximum Gasteiger partial charge on any atom is 0.321 e. The zero-order valence-electron chi connectivity index (χ0n) is 15.0. The number of nitrogens with zero attached hydrogens (tertiary/aromatic N) is 2. The molecule has 0 radical (unpaired) electrons. The molecule has 1 aromatic heterocycles. The zero-order valence-corrected chi connectivity index (χ0v) is 15.8. The van der Waals surface area contributed by atoms with E-state index in [9.17, 15) is 9.59 Å². The van der Waals surface area contributed by atoms with Gasteiger partial charge in [-0.2, -0.15) is 0 Å². The molecule has 3 amide bonds. The van der Waals surface area contributed by atoms with Gasteiger partial charge in [0.05, 0.1) is 5.69 Å². The number of anilines is 1. The highest BCUT2D eigenvalue weighted by atomic mass is 32.1. The van der Waals surface area contributed by atoms with Crippen molar-refractivity contribution in [3.05, 3.63) is 10.6 Å². The average molecular weight is 378 g/mol. The number of carbonyl (C=O) groups is 2. The van der Waals surface area contributed by atoms with E-state index in [2.05, 4.69) is 15.6 Å². The van der Waals surface area contributed by atoms with Crippen molar-refractivity contribution in [2.75, 3.05) is 25.1 Å². The molecular weight excluding hydrogens is 352 g/mol. The number of aryl methyl sites for hydroxylation is 2. The summed E-state index contributed by atoms with van der Waals surface area (Å²) in [6, 6.07) is -0.516. The first-order valence-corrected chi connectivity index (χ1v) is 10.5. The monoisotopic (exact) mass is 378 g/mol. The van der Waals surface area contributed by atoms with E-state index >= 15 is 0 Å². The normalized spacial score (nSPS) is 24.2. The van der Waals surface area contributed by atoms with Gasteiger partial charge in [0, 0.05) is 30.7 Å². The first-order valence-electron chi connectivity index (χ1n) is 9.65. The number of amides is 3. The number of thiazole rings is 1. The molecule has 2 aliphatic heterocycles. The van der Waals surface area contributed by atoms with Crippen LogP contribution < -0.4 is 10.6 Å². The van der Waals surface area contributed by atoms with Crippen molar-refractivity contribution in [1.82, 2.24) is 15.2 Å². The number of rotatable bonds is 3. The van der Waals surface area contributed by atoms with Crippen LogP contribution in [0, 0.1) is 0 Å². The van der Waals surface area contributed by atoms with Crippen molar-refractivity contribution in [3.8, 4) is 0 Å². The first kappa shape index (κ1) is 17.7. The summed E-state index contributed by atoms with van der Waals surface area (Å²) < 4.78 is 5.37. The number of urea groups is 1. The Hall–Kier alpha value is -1.67. The predicted octanol–water partition coefficient (Wildman–Crippen LogP) is 2.31. The van der Waals surface area contributed by atoms with E-state index in [1.54, 1.807) is 11.3 Å². The number of likely N-dealkylation sites (tertiary alicyclic amines) is 1. The summed E-state index contributed by atoms with van der Waals surface area (Å²) in [6.07, 6.45) is 8.09. The van der Waals surface area contributed by atoms with Crippen molar-refractivity contribution in [1.29, 1.82) is 0 Å². The largest absolute Gasteiger partial charge is 0.381 e. The van der Waals surface area contributed by atoms with Crippen molar-refractivity contribution in [3.63, 3.8) is 0 Å². The van der Waals surface area contributed by atoms with Gasteiger partial charge in [-0.15, -0.1) is 11.3 Å². The summed E-state index contributed by atoms with van der Waals surface area (Å²) in [7, 11) is 0. The zero-order chi connectivity index (χ0) is 17.9. The van der Waals surface area contributed by atoms with E-state index in [1.807, 2.05) is 4.90 Å². The van der Waals surface area contributed by atoms with Gasteiger partial charge in [0.1, 0.15) is 6.04 Å². The van der Waals surface area contributed by atoms with E-state index in [0.717, 1.165) is 31.4 Å². The molecule has 1 aromatic rings.